The monoisotopic (exact) mass is 487 g/mol. The molecule has 3 amide bonds. The SMILES string of the molecule is CCN(CC1CCOCC1)[C@H](C)CN(C)C(=O)N1Cc2c(NC(=O)c3cc(C)no3)n[nH]c2C1C. The average molecular weight is 488 g/mol. The molecular formula is C24H37N7O4. The molecule has 0 aliphatic carbocycles. The lowest BCUT2D eigenvalue weighted by Gasteiger charge is -2.36. The maximum atomic E-state index is 13.4. The summed E-state index contributed by atoms with van der Waals surface area (Å²) in [5.41, 5.74) is 2.27. The summed E-state index contributed by atoms with van der Waals surface area (Å²) in [6.45, 7) is 12.8. The van der Waals surface area contributed by atoms with E-state index in [1.807, 2.05) is 14.0 Å². The number of urea groups is 1. The number of fused-ring (bicyclic) bond motifs is 1. The number of anilines is 1. The molecule has 0 saturated carbocycles. The summed E-state index contributed by atoms with van der Waals surface area (Å²) in [6.07, 6.45) is 2.20. The second kappa shape index (κ2) is 10.8. The first-order chi connectivity index (χ1) is 16.8. The number of nitrogens with one attached hydrogen (secondary N) is 2. The molecule has 1 unspecified atom stereocenters. The molecule has 192 valence electrons. The Balaban J connectivity index is 1.35. The molecule has 1 saturated heterocycles. The van der Waals surface area contributed by atoms with Crippen molar-refractivity contribution >= 4 is 17.8 Å². The zero-order valence-electron chi connectivity index (χ0n) is 21.3. The van der Waals surface area contributed by atoms with Crippen molar-refractivity contribution in [3.63, 3.8) is 0 Å². The number of carbonyl (C=O) groups is 2. The van der Waals surface area contributed by atoms with E-state index in [2.05, 4.69) is 39.4 Å². The number of H-pyrrole nitrogens is 1. The van der Waals surface area contributed by atoms with Gasteiger partial charge in [0.25, 0.3) is 5.91 Å². The van der Waals surface area contributed by atoms with E-state index in [1.54, 1.807) is 22.8 Å². The number of aromatic amines is 1. The third-order valence-corrected chi connectivity index (χ3v) is 7.17. The molecule has 11 heteroatoms. The molecule has 0 bridgehead atoms. The van der Waals surface area contributed by atoms with E-state index in [4.69, 9.17) is 9.26 Å². The van der Waals surface area contributed by atoms with Crippen molar-refractivity contribution in [1.82, 2.24) is 30.1 Å². The second-order valence-corrected chi connectivity index (χ2v) is 9.71. The van der Waals surface area contributed by atoms with Gasteiger partial charge >= 0.3 is 6.03 Å². The van der Waals surface area contributed by atoms with Crippen molar-refractivity contribution in [3.8, 4) is 0 Å². The highest BCUT2D eigenvalue weighted by atomic mass is 16.5. The topological polar surface area (TPSA) is 120 Å². The van der Waals surface area contributed by atoms with Gasteiger partial charge in [0.15, 0.2) is 5.82 Å². The van der Waals surface area contributed by atoms with Crippen LogP contribution < -0.4 is 5.32 Å². The summed E-state index contributed by atoms with van der Waals surface area (Å²) >= 11 is 0. The fourth-order valence-corrected chi connectivity index (χ4v) is 5.01. The van der Waals surface area contributed by atoms with E-state index < -0.39 is 5.91 Å². The third kappa shape index (κ3) is 5.51. The molecule has 2 aromatic heterocycles. The van der Waals surface area contributed by atoms with Crippen LogP contribution in [0.25, 0.3) is 0 Å². The summed E-state index contributed by atoms with van der Waals surface area (Å²) in [4.78, 5) is 31.9. The molecule has 0 aromatic carbocycles. The van der Waals surface area contributed by atoms with E-state index in [1.165, 1.54) is 0 Å². The van der Waals surface area contributed by atoms with Crippen molar-refractivity contribution in [3.05, 3.63) is 28.8 Å². The molecule has 2 aliphatic heterocycles. The van der Waals surface area contributed by atoms with Crippen molar-refractivity contribution in [2.45, 2.75) is 59.2 Å². The lowest BCUT2D eigenvalue weighted by molar-refractivity contribution is 0.0448. The summed E-state index contributed by atoms with van der Waals surface area (Å²) < 4.78 is 10.5. The van der Waals surface area contributed by atoms with Crippen molar-refractivity contribution < 1.29 is 18.8 Å². The third-order valence-electron chi connectivity index (χ3n) is 7.17. The van der Waals surface area contributed by atoms with Crippen LogP contribution in [0.1, 0.15) is 67.2 Å². The summed E-state index contributed by atoms with van der Waals surface area (Å²) in [7, 11) is 1.85. The van der Waals surface area contributed by atoms with Crippen LogP contribution in [0.3, 0.4) is 0 Å². The first kappa shape index (κ1) is 25.2. The van der Waals surface area contributed by atoms with Crippen molar-refractivity contribution in [2.24, 2.45) is 5.92 Å². The second-order valence-electron chi connectivity index (χ2n) is 9.71. The molecule has 0 radical (unpaired) electrons. The van der Waals surface area contributed by atoms with Gasteiger partial charge in [-0.25, -0.2) is 4.79 Å². The number of likely N-dealkylation sites (N-methyl/N-ethyl adjacent to an activating group) is 2. The highest BCUT2D eigenvalue weighted by molar-refractivity contribution is 6.02. The molecule has 35 heavy (non-hydrogen) atoms. The van der Waals surface area contributed by atoms with E-state index >= 15 is 0 Å². The van der Waals surface area contributed by atoms with Crippen LogP contribution >= 0.6 is 0 Å². The Labute approximate surface area is 206 Å². The van der Waals surface area contributed by atoms with E-state index in [-0.39, 0.29) is 23.9 Å². The van der Waals surface area contributed by atoms with E-state index in [0.29, 0.717) is 30.5 Å². The minimum absolute atomic E-state index is 0.0424. The summed E-state index contributed by atoms with van der Waals surface area (Å²) in [6, 6.07) is 1.59. The van der Waals surface area contributed by atoms with Crippen LogP contribution in [0.4, 0.5) is 10.6 Å². The number of hydrogen-bond acceptors (Lipinski definition) is 7. The Bertz CT molecular complexity index is 1030. The van der Waals surface area contributed by atoms with Gasteiger partial charge in [-0.2, -0.15) is 5.10 Å². The maximum absolute atomic E-state index is 13.4. The van der Waals surface area contributed by atoms with E-state index in [9.17, 15) is 9.59 Å². The lowest BCUT2D eigenvalue weighted by Crippen LogP contribution is -2.48. The molecule has 2 aliphatic rings. The molecule has 2 atom stereocenters. The Morgan fingerprint density at radius 3 is 2.74 bits per heavy atom. The van der Waals surface area contributed by atoms with Gasteiger partial charge in [-0.1, -0.05) is 12.1 Å². The number of rotatable bonds is 8. The quantitative estimate of drug-likeness (QED) is 0.587. The highest BCUT2D eigenvalue weighted by Crippen LogP contribution is 2.36. The Hall–Kier alpha value is -2.92. The van der Waals surface area contributed by atoms with Gasteiger partial charge in [0.05, 0.1) is 24.0 Å². The Morgan fingerprint density at radius 2 is 2.09 bits per heavy atom. The minimum atomic E-state index is -0.424. The first-order valence-corrected chi connectivity index (χ1v) is 12.4. The lowest BCUT2D eigenvalue weighted by atomic mass is 9.99. The van der Waals surface area contributed by atoms with Crippen molar-refractivity contribution in [2.75, 3.05) is 45.2 Å². The number of aryl methyl sites for hydroxylation is 1. The smallest absolute Gasteiger partial charge is 0.320 e. The zero-order valence-corrected chi connectivity index (χ0v) is 21.3. The number of amides is 3. The number of nitrogens with zero attached hydrogens (tertiary/aromatic N) is 5. The van der Waals surface area contributed by atoms with E-state index in [0.717, 1.165) is 50.4 Å². The number of carbonyl (C=O) groups excluding carboxylic acids is 2. The molecule has 11 nitrogen and oxygen atoms in total. The van der Waals surface area contributed by atoms with Crippen LogP contribution in [-0.2, 0) is 11.3 Å². The normalized spacial score (nSPS) is 19.1. The van der Waals surface area contributed by atoms with Gasteiger partial charge in [0.1, 0.15) is 0 Å². The molecular weight excluding hydrogens is 450 g/mol. The largest absolute Gasteiger partial charge is 0.381 e. The maximum Gasteiger partial charge on any atom is 0.320 e. The molecule has 2 aromatic rings. The highest BCUT2D eigenvalue weighted by Gasteiger charge is 2.37. The van der Waals surface area contributed by atoms with Gasteiger partial charge < -0.3 is 24.4 Å². The summed E-state index contributed by atoms with van der Waals surface area (Å²) in [5, 5.41) is 13.8. The standard InChI is InChI=1S/C24H37N7O4/c1-6-30(13-18-7-9-34-10-8-18)16(3)12-29(5)24(33)31-14-19-21(17(31)4)26-27-22(19)25-23(32)20-11-15(2)28-35-20/h11,16-18H,6-10,12-14H2,1-5H3,(H2,25,26,27,32)/t16-,17?/m1/s1. The first-order valence-electron chi connectivity index (χ1n) is 12.4. The van der Waals surface area contributed by atoms with Crippen molar-refractivity contribution in [1.29, 1.82) is 0 Å². The fourth-order valence-electron chi connectivity index (χ4n) is 5.01. The number of hydrogen-bond donors (Lipinski definition) is 2. The van der Waals surface area contributed by atoms with Gasteiger partial charge in [-0.05, 0) is 46.1 Å². The molecule has 4 heterocycles. The van der Waals surface area contributed by atoms with Crippen LogP contribution in [0.2, 0.25) is 0 Å². The predicted octanol–water partition coefficient (Wildman–Crippen LogP) is 3.02. The van der Waals surface area contributed by atoms with Crippen LogP contribution in [0.5, 0.6) is 0 Å². The molecule has 1 fully saturated rings. The fraction of sp³-hybridized carbons (Fsp3) is 0.667. The van der Waals surface area contributed by atoms with Crippen LogP contribution in [0, 0.1) is 12.8 Å². The number of aromatic nitrogens is 3. The summed E-state index contributed by atoms with van der Waals surface area (Å²) in [5.74, 6) is 0.754. The van der Waals surface area contributed by atoms with Gasteiger partial charge in [0.2, 0.25) is 5.76 Å². The van der Waals surface area contributed by atoms with Gasteiger partial charge in [-0.15, -0.1) is 0 Å². The zero-order chi connectivity index (χ0) is 25.1. The predicted molar refractivity (Wildman–Crippen MR) is 130 cm³/mol. The Kier molecular flexibility index (Phi) is 7.75. The minimum Gasteiger partial charge on any atom is -0.381 e. The van der Waals surface area contributed by atoms with Gasteiger partial charge in [0, 0.05) is 51.0 Å². The van der Waals surface area contributed by atoms with Gasteiger partial charge in [-0.3, -0.25) is 14.8 Å². The molecule has 2 N–H and O–H groups in total. The molecule has 0 spiro atoms. The number of ether oxygens (including phenoxy) is 1. The molecule has 4 rings (SSSR count). The van der Waals surface area contributed by atoms with Crippen LogP contribution in [0.15, 0.2) is 10.6 Å². The average Bonchev–Trinajstić information content (AvgIpc) is 3.54. The Morgan fingerprint density at radius 1 is 1.34 bits per heavy atom. The van der Waals surface area contributed by atoms with Crippen LogP contribution in [-0.4, -0.2) is 87.9 Å².